The molecule has 4 heteroatoms. The molecule has 0 saturated heterocycles. The van der Waals surface area contributed by atoms with Crippen molar-refractivity contribution < 1.29 is 14.3 Å². The standard InChI is InChI=1S/C13H25NO3/c1-11-3-5-12(6-4-11)9-14-13(15)10-17-8-7-16-2/h11-12H,3-10H2,1-2H3,(H,14,15). The smallest absolute Gasteiger partial charge is 0.246 e. The highest BCUT2D eigenvalue weighted by atomic mass is 16.5. The molecule has 0 heterocycles. The first-order valence-electron chi connectivity index (χ1n) is 6.55. The Morgan fingerprint density at radius 2 is 1.94 bits per heavy atom. The lowest BCUT2D eigenvalue weighted by Gasteiger charge is -2.26. The van der Waals surface area contributed by atoms with Gasteiger partial charge in [-0.1, -0.05) is 19.8 Å². The van der Waals surface area contributed by atoms with Gasteiger partial charge < -0.3 is 14.8 Å². The predicted molar refractivity (Wildman–Crippen MR) is 66.8 cm³/mol. The molecule has 0 unspecified atom stereocenters. The average Bonchev–Trinajstić information content (AvgIpc) is 2.34. The van der Waals surface area contributed by atoms with E-state index in [1.54, 1.807) is 7.11 Å². The monoisotopic (exact) mass is 243 g/mol. The second-order valence-corrected chi connectivity index (χ2v) is 4.98. The Hall–Kier alpha value is -0.610. The number of rotatable bonds is 7. The first-order valence-corrected chi connectivity index (χ1v) is 6.55. The van der Waals surface area contributed by atoms with Crippen LogP contribution in [0, 0.1) is 11.8 Å². The van der Waals surface area contributed by atoms with Gasteiger partial charge in [-0.2, -0.15) is 0 Å². The van der Waals surface area contributed by atoms with Crippen molar-refractivity contribution >= 4 is 5.91 Å². The molecule has 0 aromatic rings. The molecule has 1 aliphatic carbocycles. The number of hydrogen-bond donors (Lipinski definition) is 1. The molecule has 100 valence electrons. The maximum absolute atomic E-state index is 11.4. The fourth-order valence-corrected chi connectivity index (χ4v) is 2.15. The molecule has 0 aromatic carbocycles. The van der Waals surface area contributed by atoms with E-state index in [-0.39, 0.29) is 12.5 Å². The fraction of sp³-hybridized carbons (Fsp3) is 0.923. The Bertz CT molecular complexity index is 213. The van der Waals surface area contributed by atoms with Crippen molar-refractivity contribution in [3.8, 4) is 0 Å². The van der Waals surface area contributed by atoms with E-state index in [9.17, 15) is 4.79 Å². The molecule has 1 rings (SSSR count). The van der Waals surface area contributed by atoms with Crippen molar-refractivity contribution in [1.29, 1.82) is 0 Å². The molecule has 0 aliphatic heterocycles. The molecular formula is C13H25NO3. The van der Waals surface area contributed by atoms with Gasteiger partial charge in [-0.05, 0) is 24.7 Å². The van der Waals surface area contributed by atoms with E-state index in [4.69, 9.17) is 9.47 Å². The highest BCUT2D eigenvalue weighted by molar-refractivity contribution is 5.77. The Kier molecular flexibility index (Phi) is 7.21. The van der Waals surface area contributed by atoms with E-state index in [1.807, 2.05) is 0 Å². The van der Waals surface area contributed by atoms with Gasteiger partial charge in [0.25, 0.3) is 0 Å². The minimum atomic E-state index is -0.0141. The molecule has 1 N–H and O–H groups in total. The third kappa shape index (κ3) is 6.64. The van der Waals surface area contributed by atoms with Crippen molar-refractivity contribution in [3.05, 3.63) is 0 Å². The Morgan fingerprint density at radius 1 is 1.24 bits per heavy atom. The number of carbonyl (C=O) groups is 1. The summed E-state index contributed by atoms with van der Waals surface area (Å²) in [7, 11) is 1.62. The molecule has 0 bridgehead atoms. The highest BCUT2D eigenvalue weighted by Crippen LogP contribution is 2.27. The molecule has 4 nitrogen and oxygen atoms in total. The number of methoxy groups -OCH3 is 1. The lowest BCUT2D eigenvalue weighted by atomic mass is 9.83. The van der Waals surface area contributed by atoms with Crippen LogP contribution in [0.1, 0.15) is 32.6 Å². The van der Waals surface area contributed by atoms with Gasteiger partial charge in [0.1, 0.15) is 6.61 Å². The van der Waals surface area contributed by atoms with Gasteiger partial charge in [0.05, 0.1) is 13.2 Å². The third-order valence-corrected chi connectivity index (χ3v) is 3.39. The Morgan fingerprint density at radius 3 is 2.59 bits per heavy atom. The van der Waals surface area contributed by atoms with Crippen LogP contribution in [0.2, 0.25) is 0 Å². The second kappa shape index (κ2) is 8.48. The molecular weight excluding hydrogens is 218 g/mol. The van der Waals surface area contributed by atoms with E-state index in [0.717, 1.165) is 12.5 Å². The van der Waals surface area contributed by atoms with Crippen LogP contribution in [-0.4, -0.2) is 39.4 Å². The summed E-state index contributed by atoms with van der Waals surface area (Å²) < 4.78 is 9.99. The lowest BCUT2D eigenvalue weighted by Crippen LogP contribution is -2.33. The molecule has 0 atom stereocenters. The van der Waals surface area contributed by atoms with Gasteiger partial charge in [-0.15, -0.1) is 0 Å². The zero-order valence-electron chi connectivity index (χ0n) is 11.0. The maximum atomic E-state index is 11.4. The van der Waals surface area contributed by atoms with Crippen LogP contribution >= 0.6 is 0 Å². The molecule has 0 spiro atoms. The lowest BCUT2D eigenvalue weighted by molar-refractivity contribution is -0.126. The largest absolute Gasteiger partial charge is 0.382 e. The summed E-state index contributed by atoms with van der Waals surface area (Å²) in [6.07, 6.45) is 5.08. The van der Waals surface area contributed by atoms with Crippen molar-refractivity contribution in [3.63, 3.8) is 0 Å². The van der Waals surface area contributed by atoms with E-state index in [1.165, 1.54) is 25.7 Å². The summed E-state index contributed by atoms with van der Waals surface area (Å²) >= 11 is 0. The van der Waals surface area contributed by atoms with Crippen LogP contribution in [0.15, 0.2) is 0 Å². The first kappa shape index (κ1) is 14.5. The van der Waals surface area contributed by atoms with Crippen LogP contribution in [0.3, 0.4) is 0 Å². The fourth-order valence-electron chi connectivity index (χ4n) is 2.15. The van der Waals surface area contributed by atoms with Crippen LogP contribution in [0.4, 0.5) is 0 Å². The molecule has 0 radical (unpaired) electrons. The minimum Gasteiger partial charge on any atom is -0.382 e. The van der Waals surface area contributed by atoms with Crippen molar-refractivity contribution in [2.45, 2.75) is 32.6 Å². The molecule has 1 aliphatic rings. The topological polar surface area (TPSA) is 47.6 Å². The van der Waals surface area contributed by atoms with E-state index >= 15 is 0 Å². The van der Waals surface area contributed by atoms with Crippen LogP contribution in [0.5, 0.6) is 0 Å². The number of hydrogen-bond acceptors (Lipinski definition) is 3. The zero-order valence-corrected chi connectivity index (χ0v) is 11.0. The van der Waals surface area contributed by atoms with Crippen LogP contribution in [-0.2, 0) is 14.3 Å². The van der Waals surface area contributed by atoms with E-state index in [2.05, 4.69) is 12.2 Å². The quantitative estimate of drug-likeness (QED) is 0.691. The van der Waals surface area contributed by atoms with Gasteiger partial charge in [0.2, 0.25) is 5.91 Å². The van der Waals surface area contributed by atoms with E-state index in [0.29, 0.717) is 19.1 Å². The summed E-state index contributed by atoms with van der Waals surface area (Å²) in [6, 6.07) is 0. The van der Waals surface area contributed by atoms with Gasteiger partial charge in [-0.3, -0.25) is 4.79 Å². The van der Waals surface area contributed by atoms with E-state index < -0.39 is 0 Å². The summed E-state index contributed by atoms with van der Waals surface area (Å²) in [5.41, 5.74) is 0. The summed E-state index contributed by atoms with van der Waals surface area (Å²) in [5.74, 6) is 1.51. The molecule has 1 amide bonds. The second-order valence-electron chi connectivity index (χ2n) is 4.98. The molecule has 17 heavy (non-hydrogen) atoms. The maximum Gasteiger partial charge on any atom is 0.246 e. The molecule has 0 aromatic heterocycles. The number of carbonyl (C=O) groups excluding carboxylic acids is 1. The van der Waals surface area contributed by atoms with Crippen molar-refractivity contribution in [1.82, 2.24) is 5.32 Å². The van der Waals surface area contributed by atoms with Crippen molar-refractivity contribution in [2.75, 3.05) is 33.5 Å². The average molecular weight is 243 g/mol. The Balaban J connectivity index is 1.99. The zero-order chi connectivity index (χ0) is 12.5. The summed E-state index contributed by atoms with van der Waals surface area (Å²) in [6.45, 7) is 4.27. The SMILES string of the molecule is COCCOCC(=O)NCC1CCC(C)CC1. The van der Waals surface area contributed by atoms with Crippen molar-refractivity contribution in [2.24, 2.45) is 11.8 Å². The number of ether oxygens (including phenoxy) is 2. The highest BCUT2D eigenvalue weighted by Gasteiger charge is 2.18. The number of nitrogens with one attached hydrogen (secondary N) is 1. The van der Waals surface area contributed by atoms with Gasteiger partial charge in [0.15, 0.2) is 0 Å². The first-order chi connectivity index (χ1) is 8.22. The van der Waals surface area contributed by atoms with Crippen LogP contribution < -0.4 is 5.32 Å². The summed E-state index contributed by atoms with van der Waals surface area (Å²) in [4.78, 5) is 11.4. The van der Waals surface area contributed by atoms with Gasteiger partial charge in [-0.25, -0.2) is 0 Å². The normalized spacial score (nSPS) is 24.6. The third-order valence-electron chi connectivity index (χ3n) is 3.39. The predicted octanol–water partition coefficient (Wildman–Crippen LogP) is 1.59. The van der Waals surface area contributed by atoms with Crippen LogP contribution in [0.25, 0.3) is 0 Å². The van der Waals surface area contributed by atoms with Gasteiger partial charge >= 0.3 is 0 Å². The number of amides is 1. The van der Waals surface area contributed by atoms with Gasteiger partial charge in [0, 0.05) is 13.7 Å². The Labute approximate surface area is 104 Å². The molecule has 1 fully saturated rings. The minimum absolute atomic E-state index is 0.0141. The summed E-state index contributed by atoms with van der Waals surface area (Å²) in [5, 5.41) is 2.94. The molecule has 1 saturated carbocycles.